The molecule has 0 fully saturated rings. The van der Waals surface area contributed by atoms with Gasteiger partial charge in [-0.3, -0.25) is 14.7 Å². The van der Waals surface area contributed by atoms with Gasteiger partial charge in [0, 0.05) is 28.9 Å². The number of aromatic amines is 2. The fraction of sp³-hybridized carbons (Fsp3) is 0.0769. The summed E-state index contributed by atoms with van der Waals surface area (Å²) in [6, 6.07) is 18.7. The second-order valence-corrected chi connectivity index (χ2v) is 9.10. The van der Waals surface area contributed by atoms with E-state index in [0.717, 1.165) is 22.0 Å². The number of fused-ring (bicyclic) bond motifs is 1. The lowest BCUT2D eigenvalue weighted by Crippen LogP contribution is -2.10. The van der Waals surface area contributed by atoms with Crippen LogP contribution in [0.4, 0.5) is 11.5 Å². The van der Waals surface area contributed by atoms with Crippen molar-refractivity contribution in [2.24, 2.45) is 4.99 Å². The van der Waals surface area contributed by atoms with Crippen LogP contribution in [0.5, 0.6) is 5.88 Å². The number of carbonyl (C=O) groups is 2. The highest BCUT2D eigenvalue weighted by molar-refractivity contribution is 7.16. The number of hydrogen-bond donors (Lipinski definition) is 4. The highest BCUT2D eigenvalue weighted by Crippen LogP contribution is 2.28. The normalized spacial score (nSPS) is 11.3. The van der Waals surface area contributed by atoms with E-state index in [1.165, 1.54) is 18.3 Å². The van der Waals surface area contributed by atoms with E-state index in [-0.39, 0.29) is 17.6 Å². The van der Waals surface area contributed by atoms with Crippen molar-refractivity contribution in [3.63, 3.8) is 0 Å². The fourth-order valence-electron chi connectivity index (χ4n) is 3.72. The van der Waals surface area contributed by atoms with Crippen molar-refractivity contribution < 1.29 is 14.7 Å². The van der Waals surface area contributed by atoms with Crippen LogP contribution < -0.4 is 5.32 Å². The molecule has 0 unspecified atom stereocenters. The van der Waals surface area contributed by atoms with Crippen LogP contribution in [0.25, 0.3) is 10.9 Å². The Morgan fingerprint density at radius 1 is 1.06 bits per heavy atom. The van der Waals surface area contributed by atoms with E-state index in [2.05, 4.69) is 25.5 Å². The lowest BCUT2D eigenvalue weighted by Gasteiger charge is -2.06. The van der Waals surface area contributed by atoms with Crippen molar-refractivity contribution in [2.75, 3.05) is 5.32 Å². The molecule has 3 heterocycles. The molecule has 4 N–H and O–H groups in total. The maximum atomic E-state index is 12.5. The number of H-pyrrole nitrogens is 2. The average molecular weight is 484 g/mol. The quantitative estimate of drug-likeness (QED) is 0.181. The number of aromatic nitrogens is 3. The van der Waals surface area contributed by atoms with Crippen molar-refractivity contribution in [1.29, 1.82) is 0 Å². The summed E-state index contributed by atoms with van der Waals surface area (Å²) in [5.41, 5.74) is 4.25. The first-order valence-corrected chi connectivity index (χ1v) is 11.7. The molecule has 8 nitrogen and oxygen atoms in total. The molecule has 0 bridgehead atoms. The first-order valence-electron chi connectivity index (χ1n) is 10.8. The first kappa shape index (κ1) is 22.3. The van der Waals surface area contributed by atoms with E-state index in [1.807, 2.05) is 42.5 Å². The lowest BCUT2D eigenvalue weighted by atomic mass is 10.0. The zero-order chi connectivity index (χ0) is 24.4. The largest absolute Gasteiger partial charge is 0.494 e. The number of Topliss-reactive ketones (excluding diaryl/α,β-unsaturated/α-hetero) is 1. The number of aromatic hydroxyl groups is 1. The Morgan fingerprint density at radius 3 is 2.54 bits per heavy atom. The predicted molar refractivity (Wildman–Crippen MR) is 137 cm³/mol. The molecule has 0 saturated heterocycles. The molecular formula is C26H21N5O3S. The second kappa shape index (κ2) is 9.40. The van der Waals surface area contributed by atoms with Crippen LogP contribution in [0.3, 0.4) is 0 Å². The van der Waals surface area contributed by atoms with Crippen LogP contribution >= 0.6 is 11.3 Å². The van der Waals surface area contributed by atoms with Gasteiger partial charge in [0.25, 0.3) is 5.91 Å². The van der Waals surface area contributed by atoms with Crippen LogP contribution in [0.15, 0.2) is 71.9 Å². The van der Waals surface area contributed by atoms with Crippen molar-refractivity contribution in [3.05, 3.63) is 93.3 Å². The van der Waals surface area contributed by atoms with E-state index >= 15 is 0 Å². The molecule has 2 aromatic carbocycles. The van der Waals surface area contributed by atoms with Gasteiger partial charge in [0.1, 0.15) is 5.82 Å². The van der Waals surface area contributed by atoms with E-state index in [1.54, 1.807) is 30.6 Å². The Hall–Kier alpha value is -4.50. The number of nitrogens with zero attached hydrogens (tertiary/aromatic N) is 2. The Kier molecular flexibility index (Phi) is 5.99. The molecule has 0 radical (unpaired) electrons. The van der Waals surface area contributed by atoms with Gasteiger partial charge in [-0.05, 0) is 60.9 Å². The standard InChI is InChI=1S/C26H21N5O3S/c1-15(32)22-8-9-23(35-22)26(34)29-18-5-2-16(3-6-18)12-17-4-7-21-19(13-17)20(25(33)30-21)14-27-24-10-11-28-31-24/h2-11,13-14,30,33H,12H2,1H3,(H,28,31)(H,29,34). The molecule has 0 aliphatic rings. The summed E-state index contributed by atoms with van der Waals surface area (Å²) in [5.74, 6) is 0.364. The highest BCUT2D eigenvalue weighted by Gasteiger charge is 2.12. The molecule has 5 rings (SSSR count). The van der Waals surface area contributed by atoms with E-state index < -0.39 is 0 Å². The number of benzene rings is 2. The summed E-state index contributed by atoms with van der Waals surface area (Å²) in [5, 5.41) is 20.7. The number of thiophene rings is 1. The molecule has 0 aliphatic heterocycles. The number of anilines is 1. The van der Waals surface area contributed by atoms with Gasteiger partial charge in [-0.2, -0.15) is 5.10 Å². The predicted octanol–water partition coefficient (Wildman–Crippen LogP) is 5.45. The average Bonchev–Trinajstić information content (AvgIpc) is 3.59. The molecule has 5 aromatic rings. The minimum absolute atomic E-state index is 0.0522. The van der Waals surface area contributed by atoms with Gasteiger partial charge in [-0.15, -0.1) is 11.3 Å². The third kappa shape index (κ3) is 4.90. The van der Waals surface area contributed by atoms with Gasteiger partial charge in [0.2, 0.25) is 0 Å². The molecule has 3 aromatic heterocycles. The maximum absolute atomic E-state index is 12.5. The zero-order valence-corrected chi connectivity index (χ0v) is 19.5. The van der Waals surface area contributed by atoms with Crippen molar-refractivity contribution in [2.45, 2.75) is 13.3 Å². The summed E-state index contributed by atoms with van der Waals surface area (Å²) < 4.78 is 0. The molecule has 174 valence electrons. The second-order valence-electron chi connectivity index (χ2n) is 8.02. The minimum Gasteiger partial charge on any atom is -0.494 e. The summed E-state index contributed by atoms with van der Waals surface area (Å²) >= 11 is 1.18. The van der Waals surface area contributed by atoms with Gasteiger partial charge in [-0.25, -0.2) is 4.99 Å². The Morgan fingerprint density at radius 2 is 1.83 bits per heavy atom. The van der Waals surface area contributed by atoms with Crippen molar-refractivity contribution in [1.82, 2.24) is 15.2 Å². The number of ketones is 1. The molecular weight excluding hydrogens is 462 g/mol. The smallest absolute Gasteiger partial charge is 0.265 e. The zero-order valence-electron chi connectivity index (χ0n) is 18.7. The lowest BCUT2D eigenvalue weighted by molar-refractivity contribution is 0.101. The van der Waals surface area contributed by atoms with Crippen LogP contribution in [-0.4, -0.2) is 38.2 Å². The minimum atomic E-state index is -0.239. The molecule has 1 amide bonds. The maximum Gasteiger partial charge on any atom is 0.265 e. The molecule has 0 saturated carbocycles. The van der Waals surface area contributed by atoms with Gasteiger partial charge in [-0.1, -0.05) is 18.2 Å². The van der Waals surface area contributed by atoms with Crippen molar-refractivity contribution >= 4 is 51.6 Å². The summed E-state index contributed by atoms with van der Waals surface area (Å²) in [4.78, 5) is 32.3. The van der Waals surface area contributed by atoms with Crippen LogP contribution in [0.2, 0.25) is 0 Å². The third-order valence-electron chi connectivity index (χ3n) is 5.50. The SMILES string of the molecule is CC(=O)c1ccc(C(=O)Nc2ccc(Cc3ccc4[nH]c(O)c(C=Nc5ccn[nH]5)c4c3)cc2)s1. The summed E-state index contributed by atoms with van der Waals surface area (Å²) in [7, 11) is 0. The monoisotopic (exact) mass is 483 g/mol. The molecule has 35 heavy (non-hydrogen) atoms. The van der Waals surface area contributed by atoms with Gasteiger partial charge < -0.3 is 15.4 Å². The van der Waals surface area contributed by atoms with Gasteiger partial charge in [0.05, 0.1) is 21.5 Å². The Bertz CT molecular complexity index is 1550. The van der Waals surface area contributed by atoms with Crippen molar-refractivity contribution in [3.8, 4) is 5.88 Å². The molecule has 9 heteroatoms. The number of amides is 1. The van der Waals surface area contributed by atoms with E-state index in [9.17, 15) is 14.7 Å². The van der Waals surface area contributed by atoms with Gasteiger partial charge >= 0.3 is 0 Å². The Balaban J connectivity index is 1.30. The molecule has 0 spiro atoms. The van der Waals surface area contributed by atoms with Crippen LogP contribution in [-0.2, 0) is 6.42 Å². The number of carbonyl (C=O) groups excluding carboxylic acids is 2. The summed E-state index contributed by atoms with van der Waals surface area (Å²) in [6.45, 7) is 1.48. The fourth-order valence-corrected chi connectivity index (χ4v) is 4.52. The van der Waals surface area contributed by atoms with Crippen LogP contribution in [0, 0.1) is 0 Å². The Labute approximate surface area is 204 Å². The molecule has 0 atom stereocenters. The number of hydrogen-bond acceptors (Lipinski definition) is 6. The highest BCUT2D eigenvalue weighted by atomic mass is 32.1. The topological polar surface area (TPSA) is 123 Å². The number of aliphatic imine (C=N–C) groups is 1. The third-order valence-corrected chi connectivity index (χ3v) is 6.68. The number of rotatable bonds is 7. The van der Waals surface area contributed by atoms with E-state index in [0.29, 0.717) is 33.2 Å². The molecule has 0 aliphatic carbocycles. The number of nitrogens with one attached hydrogen (secondary N) is 3. The van der Waals surface area contributed by atoms with E-state index in [4.69, 9.17) is 0 Å². The summed E-state index contributed by atoms with van der Waals surface area (Å²) in [6.07, 6.45) is 3.90. The van der Waals surface area contributed by atoms with Gasteiger partial charge in [0.15, 0.2) is 11.7 Å². The first-order chi connectivity index (χ1) is 17.0. The van der Waals surface area contributed by atoms with Crippen LogP contribution in [0.1, 0.15) is 43.0 Å².